The van der Waals surface area contributed by atoms with E-state index in [0.29, 0.717) is 0 Å². The van der Waals surface area contributed by atoms with Gasteiger partial charge in [-0.05, 0) is 0 Å². The first-order chi connectivity index (χ1) is 4.88. The molecule has 10 heavy (non-hydrogen) atoms. The molecule has 1 rings (SSSR count). The fraction of sp³-hybridized carbons (Fsp3) is 0.429. The average molecular weight is 138 g/mol. The molecule has 0 N–H and O–H groups in total. The van der Waals surface area contributed by atoms with Crippen LogP contribution in [0, 0.1) is 0 Å². The number of carbonyl (C=O) groups excluding carboxylic acids is 1. The molecule has 0 bridgehead atoms. The van der Waals surface area contributed by atoms with Gasteiger partial charge < -0.3 is 4.52 Å². The van der Waals surface area contributed by atoms with Crippen molar-refractivity contribution in [2.24, 2.45) is 0 Å². The van der Waals surface area contributed by atoms with Gasteiger partial charge in [0.1, 0.15) is 5.76 Å². The predicted octanol–water partition coefficient (Wildman–Crippen LogP) is 0.889. The van der Waals surface area contributed by atoms with Crippen LogP contribution in [0.5, 0.6) is 0 Å². The Balaban J connectivity index is 2.79. The summed E-state index contributed by atoms with van der Waals surface area (Å²) in [5.74, 6) is 0.781. The molecule has 0 amide bonds. The topological polar surface area (TPSA) is 43.1 Å². The first-order valence-corrected chi connectivity index (χ1v) is 3.16. The number of aromatic nitrogens is 1. The highest BCUT2D eigenvalue weighted by Crippen LogP contribution is 2.07. The van der Waals surface area contributed by atoms with Gasteiger partial charge in [-0.3, -0.25) is 4.79 Å². The van der Waals surface area contributed by atoms with Crippen LogP contribution in [0.15, 0.2) is 10.7 Å². The first-order valence-electron chi connectivity index (χ1n) is 3.16. The molecule has 1 aromatic rings. The standard InChI is InChI=1S/C7H8NO2/c1-2-7-6(3-4-9)5-8-10-7/h5H,2-3H2,1H3. The molecule has 0 aliphatic carbocycles. The Morgan fingerprint density at radius 1 is 1.80 bits per heavy atom. The highest BCUT2D eigenvalue weighted by Gasteiger charge is 2.03. The lowest BCUT2D eigenvalue weighted by molar-refractivity contribution is 0.385. The van der Waals surface area contributed by atoms with Crippen molar-refractivity contribution in [3.63, 3.8) is 0 Å². The number of nitrogens with zero attached hydrogens (tertiary/aromatic N) is 1. The molecule has 0 aliphatic rings. The molecule has 0 fully saturated rings. The summed E-state index contributed by atoms with van der Waals surface area (Å²) in [7, 11) is 0. The maximum absolute atomic E-state index is 9.95. The van der Waals surface area contributed by atoms with Crippen LogP contribution < -0.4 is 0 Å². The van der Waals surface area contributed by atoms with Crippen LogP contribution >= 0.6 is 0 Å². The Kier molecular flexibility index (Phi) is 2.20. The van der Waals surface area contributed by atoms with E-state index in [9.17, 15) is 4.79 Å². The molecule has 0 saturated heterocycles. The minimum atomic E-state index is 0.284. The van der Waals surface area contributed by atoms with Crippen LogP contribution in [-0.4, -0.2) is 11.4 Å². The lowest BCUT2D eigenvalue weighted by atomic mass is 10.2. The van der Waals surface area contributed by atoms with E-state index in [1.807, 2.05) is 6.92 Å². The van der Waals surface area contributed by atoms with Gasteiger partial charge in [-0.2, -0.15) is 0 Å². The zero-order valence-corrected chi connectivity index (χ0v) is 5.76. The third kappa shape index (κ3) is 1.23. The van der Waals surface area contributed by atoms with Gasteiger partial charge in [-0.15, -0.1) is 0 Å². The maximum Gasteiger partial charge on any atom is 0.203 e. The van der Waals surface area contributed by atoms with E-state index >= 15 is 0 Å². The SMILES string of the molecule is CCc1oncc1C[C]=O. The van der Waals surface area contributed by atoms with Crippen molar-refractivity contribution in [1.29, 1.82) is 0 Å². The zero-order valence-electron chi connectivity index (χ0n) is 5.76. The summed E-state index contributed by atoms with van der Waals surface area (Å²) in [4.78, 5) is 9.95. The second-order valence-corrected chi connectivity index (χ2v) is 1.95. The molecule has 1 radical (unpaired) electrons. The van der Waals surface area contributed by atoms with E-state index in [0.717, 1.165) is 17.7 Å². The lowest BCUT2D eigenvalue weighted by Gasteiger charge is -1.88. The molecule has 3 heteroatoms. The van der Waals surface area contributed by atoms with E-state index in [4.69, 9.17) is 4.52 Å². The molecule has 0 aliphatic heterocycles. The van der Waals surface area contributed by atoms with E-state index in [-0.39, 0.29) is 6.42 Å². The van der Waals surface area contributed by atoms with Gasteiger partial charge in [0, 0.05) is 18.4 Å². The molecule has 0 unspecified atom stereocenters. The summed E-state index contributed by atoms with van der Waals surface area (Å²) in [5.41, 5.74) is 0.845. The fourth-order valence-corrected chi connectivity index (χ4v) is 0.798. The van der Waals surface area contributed by atoms with Crippen LogP contribution in [0.25, 0.3) is 0 Å². The van der Waals surface area contributed by atoms with Gasteiger partial charge >= 0.3 is 0 Å². The third-order valence-electron chi connectivity index (χ3n) is 1.31. The lowest BCUT2D eigenvalue weighted by Crippen LogP contribution is -1.87. The highest BCUT2D eigenvalue weighted by molar-refractivity contribution is 5.55. The number of rotatable bonds is 3. The van der Waals surface area contributed by atoms with E-state index < -0.39 is 0 Å². The summed E-state index contributed by atoms with van der Waals surface area (Å²) >= 11 is 0. The van der Waals surface area contributed by atoms with Gasteiger partial charge in [0.25, 0.3) is 0 Å². The van der Waals surface area contributed by atoms with Crippen molar-refractivity contribution in [3.05, 3.63) is 17.5 Å². The van der Waals surface area contributed by atoms with Crippen molar-refractivity contribution in [2.75, 3.05) is 0 Å². The summed E-state index contributed by atoms with van der Waals surface area (Å²) < 4.78 is 4.84. The Morgan fingerprint density at radius 3 is 3.20 bits per heavy atom. The molecular weight excluding hydrogens is 130 g/mol. The molecular formula is C7H8NO2. The molecule has 1 aromatic heterocycles. The van der Waals surface area contributed by atoms with Gasteiger partial charge in [-0.25, -0.2) is 0 Å². The first kappa shape index (κ1) is 6.99. The van der Waals surface area contributed by atoms with Crippen molar-refractivity contribution in [1.82, 2.24) is 5.16 Å². The average Bonchev–Trinajstić information content (AvgIpc) is 2.36. The number of hydrogen-bond donors (Lipinski definition) is 0. The predicted molar refractivity (Wildman–Crippen MR) is 35.3 cm³/mol. The van der Waals surface area contributed by atoms with E-state index in [2.05, 4.69) is 5.16 Å². The summed E-state index contributed by atoms with van der Waals surface area (Å²) in [6.07, 6.45) is 4.41. The second kappa shape index (κ2) is 3.15. The quantitative estimate of drug-likeness (QED) is 0.623. The molecule has 1 heterocycles. The van der Waals surface area contributed by atoms with Crippen molar-refractivity contribution < 1.29 is 9.32 Å². The van der Waals surface area contributed by atoms with Crippen LogP contribution in [0.3, 0.4) is 0 Å². The number of aryl methyl sites for hydroxylation is 1. The highest BCUT2D eigenvalue weighted by atomic mass is 16.5. The molecule has 53 valence electrons. The molecule has 3 nitrogen and oxygen atoms in total. The fourth-order valence-electron chi connectivity index (χ4n) is 0.798. The minimum Gasteiger partial charge on any atom is -0.361 e. The maximum atomic E-state index is 9.95. The van der Waals surface area contributed by atoms with Gasteiger partial charge in [-0.1, -0.05) is 12.1 Å². The molecule has 0 atom stereocenters. The van der Waals surface area contributed by atoms with Crippen molar-refractivity contribution >= 4 is 6.29 Å². The Bertz CT molecular complexity index is 217. The summed E-state index contributed by atoms with van der Waals surface area (Å²) in [6.45, 7) is 1.95. The van der Waals surface area contributed by atoms with Gasteiger partial charge in [0.15, 0.2) is 0 Å². The molecule has 0 saturated carbocycles. The van der Waals surface area contributed by atoms with Crippen molar-refractivity contribution in [2.45, 2.75) is 19.8 Å². The van der Waals surface area contributed by atoms with Crippen LogP contribution in [0.2, 0.25) is 0 Å². The largest absolute Gasteiger partial charge is 0.361 e. The molecule has 0 spiro atoms. The Morgan fingerprint density at radius 2 is 2.60 bits per heavy atom. The zero-order chi connectivity index (χ0) is 7.40. The van der Waals surface area contributed by atoms with E-state index in [1.165, 1.54) is 0 Å². The van der Waals surface area contributed by atoms with Crippen LogP contribution in [-0.2, 0) is 17.6 Å². The van der Waals surface area contributed by atoms with Crippen molar-refractivity contribution in [3.8, 4) is 0 Å². The summed E-state index contributed by atoms with van der Waals surface area (Å²) in [5, 5.41) is 3.56. The Labute approximate surface area is 59.0 Å². The second-order valence-electron chi connectivity index (χ2n) is 1.95. The molecule has 0 aromatic carbocycles. The van der Waals surface area contributed by atoms with E-state index in [1.54, 1.807) is 12.5 Å². The monoisotopic (exact) mass is 138 g/mol. The third-order valence-corrected chi connectivity index (χ3v) is 1.31. The summed E-state index contributed by atoms with van der Waals surface area (Å²) in [6, 6.07) is 0. The number of hydrogen-bond acceptors (Lipinski definition) is 3. The smallest absolute Gasteiger partial charge is 0.203 e. The van der Waals surface area contributed by atoms with Crippen LogP contribution in [0.1, 0.15) is 18.2 Å². The van der Waals surface area contributed by atoms with Gasteiger partial charge in [0.2, 0.25) is 6.29 Å². The Hall–Kier alpha value is -1.12. The normalized spacial score (nSPS) is 9.70. The van der Waals surface area contributed by atoms with Crippen LogP contribution in [0.4, 0.5) is 0 Å². The minimum absolute atomic E-state index is 0.284. The van der Waals surface area contributed by atoms with Gasteiger partial charge in [0.05, 0.1) is 6.20 Å².